The Bertz CT molecular complexity index is 489. The molecule has 2 rings (SSSR count). The quantitative estimate of drug-likeness (QED) is 0.796. The fourth-order valence-electron chi connectivity index (χ4n) is 3.15. The van der Waals surface area contributed by atoms with Gasteiger partial charge in [-0.3, -0.25) is 9.69 Å². The second-order valence-corrected chi connectivity index (χ2v) is 6.63. The molecule has 1 amide bonds. The van der Waals surface area contributed by atoms with Crippen molar-refractivity contribution in [1.29, 1.82) is 0 Å². The molecule has 2 heterocycles. The molecule has 23 heavy (non-hydrogen) atoms. The average molecular weight is 322 g/mol. The Morgan fingerprint density at radius 1 is 1.43 bits per heavy atom. The van der Waals surface area contributed by atoms with Gasteiger partial charge in [0.2, 0.25) is 11.8 Å². The van der Waals surface area contributed by atoms with Crippen molar-refractivity contribution in [3.05, 3.63) is 11.7 Å². The van der Waals surface area contributed by atoms with Gasteiger partial charge >= 0.3 is 0 Å². The van der Waals surface area contributed by atoms with Gasteiger partial charge < -0.3 is 9.84 Å². The normalized spacial score (nSPS) is 20.4. The number of amides is 1. The first kappa shape index (κ1) is 17.9. The fraction of sp³-hybridized carbons (Fsp3) is 0.824. The van der Waals surface area contributed by atoms with E-state index in [-0.39, 0.29) is 17.9 Å². The third-order valence-electron chi connectivity index (χ3n) is 4.33. The Kier molecular flexibility index (Phi) is 7.02. The molecule has 130 valence electrons. The van der Waals surface area contributed by atoms with Gasteiger partial charge in [-0.05, 0) is 39.2 Å². The lowest BCUT2D eigenvalue weighted by Gasteiger charge is -2.31. The second-order valence-electron chi connectivity index (χ2n) is 6.63. The molecule has 1 fully saturated rings. The molecule has 1 aliphatic rings. The standard InChI is InChI=1S/C17H30N4O2/c1-4-7-13(3)18-17(22)14-9-6-10-21(11-14)12-16-19-15(8-5-2)20-23-16/h13-14H,4-12H2,1-3H3,(H,18,22)/t13-,14-/m1/s1. The van der Waals surface area contributed by atoms with Crippen LogP contribution in [0.3, 0.4) is 0 Å². The van der Waals surface area contributed by atoms with Gasteiger partial charge in [-0.15, -0.1) is 0 Å². The zero-order valence-corrected chi connectivity index (χ0v) is 14.7. The van der Waals surface area contributed by atoms with Crippen LogP contribution in [0.5, 0.6) is 0 Å². The highest BCUT2D eigenvalue weighted by Crippen LogP contribution is 2.19. The molecule has 0 spiro atoms. The fourth-order valence-corrected chi connectivity index (χ4v) is 3.15. The zero-order valence-electron chi connectivity index (χ0n) is 14.7. The minimum Gasteiger partial charge on any atom is -0.353 e. The number of hydrogen-bond acceptors (Lipinski definition) is 5. The average Bonchev–Trinajstić information content (AvgIpc) is 2.95. The van der Waals surface area contributed by atoms with Gasteiger partial charge in [0.25, 0.3) is 0 Å². The smallest absolute Gasteiger partial charge is 0.240 e. The Labute approximate surface area is 139 Å². The first-order valence-corrected chi connectivity index (χ1v) is 8.96. The minimum atomic E-state index is 0.0705. The summed E-state index contributed by atoms with van der Waals surface area (Å²) < 4.78 is 5.31. The van der Waals surface area contributed by atoms with Crippen LogP contribution in [0.2, 0.25) is 0 Å². The molecule has 0 saturated carbocycles. The summed E-state index contributed by atoms with van der Waals surface area (Å²) in [7, 11) is 0. The maximum absolute atomic E-state index is 12.4. The van der Waals surface area contributed by atoms with Crippen molar-refractivity contribution in [2.75, 3.05) is 13.1 Å². The van der Waals surface area contributed by atoms with Crippen LogP contribution in [0.1, 0.15) is 64.6 Å². The summed E-state index contributed by atoms with van der Waals surface area (Å²) >= 11 is 0. The van der Waals surface area contributed by atoms with Gasteiger partial charge in [-0.2, -0.15) is 4.98 Å². The molecule has 0 aromatic carbocycles. The molecule has 2 atom stereocenters. The van der Waals surface area contributed by atoms with E-state index in [2.05, 4.69) is 41.1 Å². The largest absolute Gasteiger partial charge is 0.353 e. The number of carbonyl (C=O) groups excluding carboxylic acids is 1. The summed E-state index contributed by atoms with van der Waals surface area (Å²) in [5, 5.41) is 7.13. The lowest BCUT2D eigenvalue weighted by Crippen LogP contribution is -2.45. The Balaban J connectivity index is 1.83. The summed E-state index contributed by atoms with van der Waals surface area (Å²) in [6.45, 7) is 8.72. The lowest BCUT2D eigenvalue weighted by molar-refractivity contribution is -0.127. The summed E-state index contributed by atoms with van der Waals surface area (Å²) in [5.41, 5.74) is 0. The van der Waals surface area contributed by atoms with E-state index in [1.54, 1.807) is 0 Å². The highest BCUT2D eigenvalue weighted by atomic mass is 16.5. The lowest BCUT2D eigenvalue weighted by atomic mass is 9.96. The van der Waals surface area contributed by atoms with Crippen LogP contribution in [0.4, 0.5) is 0 Å². The number of likely N-dealkylation sites (tertiary alicyclic amines) is 1. The molecule has 1 saturated heterocycles. The topological polar surface area (TPSA) is 71.3 Å². The van der Waals surface area contributed by atoms with Gasteiger partial charge in [-0.25, -0.2) is 0 Å². The zero-order chi connectivity index (χ0) is 16.7. The van der Waals surface area contributed by atoms with Gasteiger partial charge in [0, 0.05) is 19.0 Å². The summed E-state index contributed by atoms with van der Waals surface area (Å²) in [6, 6.07) is 0.260. The van der Waals surface area contributed by atoms with Crippen molar-refractivity contribution in [1.82, 2.24) is 20.4 Å². The number of aromatic nitrogens is 2. The molecule has 1 aliphatic heterocycles. The Morgan fingerprint density at radius 2 is 2.26 bits per heavy atom. The molecule has 0 radical (unpaired) electrons. The van der Waals surface area contributed by atoms with Crippen molar-refractivity contribution < 1.29 is 9.32 Å². The number of rotatable bonds is 8. The van der Waals surface area contributed by atoms with Crippen molar-refractivity contribution in [2.45, 2.75) is 71.9 Å². The molecular weight excluding hydrogens is 292 g/mol. The highest BCUT2D eigenvalue weighted by Gasteiger charge is 2.27. The number of hydrogen-bond donors (Lipinski definition) is 1. The summed E-state index contributed by atoms with van der Waals surface area (Å²) in [6.07, 6.45) is 5.99. The van der Waals surface area contributed by atoms with E-state index in [0.29, 0.717) is 12.4 Å². The predicted molar refractivity (Wildman–Crippen MR) is 88.8 cm³/mol. The Morgan fingerprint density at radius 3 is 3.00 bits per heavy atom. The number of nitrogens with zero attached hydrogens (tertiary/aromatic N) is 3. The minimum absolute atomic E-state index is 0.0705. The monoisotopic (exact) mass is 322 g/mol. The van der Waals surface area contributed by atoms with Crippen LogP contribution in [-0.2, 0) is 17.8 Å². The molecule has 0 bridgehead atoms. The van der Waals surface area contributed by atoms with E-state index >= 15 is 0 Å². The van der Waals surface area contributed by atoms with Crippen LogP contribution < -0.4 is 5.32 Å². The van der Waals surface area contributed by atoms with Crippen molar-refractivity contribution in [2.24, 2.45) is 5.92 Å². The highest BCUT2D eigenvalue weighted by molar-refractivity contribution is 5.79. The molecule has 1 aromatic heterocycles. The number of carbonyl (C=O) groups is 1. The van der Waals surface area contributed by atoms with E-state index in [4.69, 9.17) is 4.52 Å². The Hall–Kier alpha value is -1.43. The molecule has 6 heteroatoms. The SMILES string of the molecule is CCCc1noc(CN2CCC[C@@H](C(=O)N[C@H](C)CCC)C2)n1. The van der Waals surface area contributed by atoms with Crippen LogP contribution in [-0.4, -0.2) is 40.1 Å². The molecule has 1 N–H and O–H groups in total. The predicted octanol–water partition coefficient (Wildman–Crippen LogP) is 2.54. The second kappa shape index (κ2) is 9.01. The first-order valence-electron chi connectivity index (χ1n) is 8.96. The van der Waals surface area contributed by atoms with Crippen LogP contribution in [0.15, 0.2) is 4.52 Å². The van der Waals surface area contributed by atoms with Crippen LogP contribution in [0, 0.1) is 5.92 Å². The van der Waals surface area contributed by atoms with Crippen LogP contribution in [0.25, 0.3) is 0 Å². The van der Waals surface area contributed by atoms with Gasteiger partial charge in [0.05, 0.1) is 12.5 Å². The van der Waals surface area contributed by atoms with E-state index in [9.17, 15) is 4.79 Å². The maximum atomic E-state index is 12.4. The van der Waals surface area contributed by atoms with Crippen molar-refractivity contribution >= 4 is 5.91 Å². The molecular formula is C17H30N4O2. The number of piperidine rings is 1. The van der Waals surface area contributed by atoms with Gasteiger partial charge in [-0.1, -0.05) is 25.4 Å². The number of aryl methyl sites for hydroxylation is 1. The van der Waals surface area contributed by atoms with Crippen molar-refractivity contribution in [3.8, 4) is 0 Å². The summed E-state index contributed by atoms with van der Waals surface area (Å²) in [4.78, 5) is 19.0. The van der Waals surface area contributed by atoms with E-state index < -0.39 is 0 Å². The van der Waals surface area contributed by atoms with E-state index in [1.165, 1.54) is 0 Å². The van der Waals surface area contributed by atoms with Crippen LogP contribution >= 0.6 is 0 Å². The van der Waals surface area contributed by atoms with Crippen molar-refractivity contribution in [3.63, 3.8) is 0 Å². The molecule has 0 unspecified atom stereocenters. The summed E-state index contributed by atoms with van der Waals surface area (Å²) in [5.74, 6) is 1.70. The first-order chi connectivity index (χ1) is 11.1. The van der Waals surface area contributed by atoms with Gasteiger partial charge in [0.15, 0.2) is 5.82 Å². The molecule has 1 aromatic rings. The van der Waals surface area contributed by atoms with E-state index in [0.717, 1.165) is 57.4 Å². The maximum Gasteiger partial charge on any atom is 0.240 e. The van der Waals surface area contributed by atoms with Gasteiger partial charge in [0.1, 0.15) is 0 Å². The number of nitrogens with one attached hydrogen (secondary N) is 1. The third-order valence-corrected chi connectivity index (χ3v) is 4.33. The molecule has 6 nitrogen and oxygen atoms in total. The molecule has 0 aliphatic carbocycles. The van der Waals surface area contributed by atoms with E-state index in [1.807, 2.05) is 0 Å². The third kappa shape index (κ3) is 5.61.